The van der Waals surface area contributed by atoms with E-state index in [9.17, 15) is 18.4 Å². The van der Waals surface area contributed by atoms with Crippen LogP contribution in [-0.4, -0.2) is 11.2 Å². The lowest BCUT2D eigenvalue weighted by atomic mass is 10.3. The molecule has 0 saturated carbocycles. The highest BCUT2D eigenvalue weighted by Crippen LogP contribution is 2.13. The molecule has 0 aliphatic rings. The SMILES string of the molecule is C[n+]1[nH]oc(=O)c1C(=O)Nc1ccc(F)c(F)c1. The molecule has 0 fully saturated rings. The molecule has 1 aromatic carbocycles. The zero-order valence-electron chi connectivity index (χ0n) is 9.16. The third kappa shape index (κ3) is 2.12. The predicted molar refractivity (Wildman–Crippen MR) is 54.8 cm³/mol. The lowest BCUT2D eigenvalue weighted by Gasteiger charge is -2.01. The molecule has 0 aliphatic heterocycles. The van der Waals surface area contributed by atoms with Gasteiger partial charge in [-0.05, 0) is 17.4 Å². The maximum atomic E-state index is 12.9. The molecule has 0 radical (unpaired) electrons. The molecule has 0 aliphatic carbocycles. The molecule has 2 N–H and O–H groups in total. The third-order valence-corrected chi connectivity index (χ3v) is 2.20. The maximum absolute atomic E-state index is 12.9. The Morgan fingerprint density at radius 1 is 1.39 bits per heavy atom. The lowest BCUT2D eigenvalue weighted by Crippen LogP contribution is -2.41. The summed E-state index contributed by atoms with van der Waals surface area (Å²) in [6.07, 6.45) is 0. The van der Waals surface area contributed by atoms with E-state index in [2.05, 4.69) is 15.1 Å². The van der Waals surface area contributed by atoms with Gasteiger partial charge in [-0.15, -0.1) is 0 Å². The van der Waals surface area contributed by atoms with Crippen LogP contribution >= 0.6 is 0 Å². The van der Waals surface area contributed by atoms with Crippen molar-refractivity contribution in [2.75, 3.05) is 5.32 Å². The molecule has 18 heavy (non-hydrogen) atoms. The fraction of sp³-hybridized carbons (Fsp3) is 0.100. The average Bonchev–Trinajstić information content (AvgIpc) is 2.64. The van der Waals surface area contributed by atoms with Gasteiger partial charge in [0, 0.05) is 11.8 Å². The fourth-order valence-corrected chi connectivity index (χ4v) is 1.35. The number of nitrogens with zero attached hydrogens (tertiary/aromatic N) is 1. The van der Waals surface area contributed by atoms with Crippen molar-refractivity contribution in [3.05, 3.63) is 45.9 Å². The van der Waals surface area contributed by atoms with Gasteiger partial charge in [0.05, 0.1) is 0 Å². The molecule has 1 amide bonds. The highest BCUT2D eigenvalue weighted by Gasteiger charge is 2.26. The van der Waals surface area contributed by atoms with Crippen LogP contribution in [-0.2, 0) is 7.05 Å². The number of H-pyrrole nitrogens is 1. The molecule has 1 aromatic heterocycles. The summed E-state index contributed by atoms with van der Waals surface area (Å²) in [5, 5.41) is 4.41. The number of halogens is 2. The Kier molecular flexibility index (Phi) is 2.92. The van der Waals surface area contributed by atoms with Gasteiger partial charge in [-0.1, -0.05) is 4.68 Å². The zero-order valence-corrected chi connectivity index (χ0v) is 9.16. The van der Waals surface area contributed by atoms with Crippen LogP contribution in [0.15, 0.2) is 27.5 Å². The summed E-state index contributed by atoms with van der Waals surface area (Å²) in [5.41, 5.74) is -1.13. The Morgan fingerprint density at radius 2 is 2.11 bits per heavy atom. The standard InChI is InChI=1S/C10H7F2N3O3/c1-15-8(10(17)18-14-15)9(16)13-5-2-3-6(11)7(12)4-5/h2-4H,1H3,(H-,13,14,16,17)/p+1. The van der Waals surface area contributed by atoms with Crippen molar-refractivity contribution in [3.63, 3.8) is 0 Å². The number of rotatable bonds is 2. The minimum atomic E-state index is -1.10. The predicted octanol–water partition coefficient (Wildman–Crippen LogP) is 0.323. The summed E-state index contributed by atoms with van der Waals surface area (Å²) in [6.45, 7) is 0. The van der Waals surface area contributed by atoms with Gasteiger partial charge >= 0.3 is 17.2 Å². The molecule has 0 bridgehead atoms. The van der Waals surface area contributed by atoms with Crippen molar-refractivity contribution in [2.24, 2.45) is 7.05 Å². The van der Waals surface area contributed by atoms with E-state index in [1.807, 2.05) is 0 Å². The number of carbonyl (C=O) groups excluding carboxylic acids is 1. The number of aromatic amines is 1. The van der Waals surface area contributed by atoms with Crippen LogP contribution in [0.4, 0.5) is 14.5 Å². The van der Waals surface area contributed by atoms with E-state index in [4.69, 9.17) is 0 Å². The molecule has 0 spiro atoms. The smallest absolute Gasteiger partial charge is 0.316 e. The lowest BCUT2D eigenvalue weighted by molar-refractivity contribution is -0.741. The van der Waals surface area contributed by atoms with Crippen molar-refractivity contribution in [3.8, 4) is 0 Å². The van der Waals surface area contributed by atoms with Crippen molar-refractivity contribution in [1.82, 2.24) is 5.27 Å². The van der Waals surface area contributed by atoms with Gasteiger partial charge < -0.3 is 5.32 Å². The fourth-order valence-electron chi connectivity index (χ4n) is 1.35. The van der Waals surface area contributed by atoms with Gasteiger partial charge in [-0.3, -0.25) is 9.32 Å². The number of aromatic nitrogens is 2. The topological polar surface area (TPSA) is 79.0 Å². The van der Waals surface area contributed by atoms with E-state index in [0.29, 0.717) is 0 Å². The number of benzene rings is 1. The Bertz CT molecular complexity index is 663. The number of hydrogen-bond donors (Lipinski definition) is 2. The normalized spacial score (nSPS) is 10.4. The van der Waals surface area contributed by atoms with E-state index in [0.717, 1.165) is 16.8 Å². The number of aryl methyl sites for hydroxylation is 1. The number of anilines is 1. The number of hydrogen-bond acceptors (Lipinski definition) is 3. The van der Waals surface area contributed by atoms with E-state index in [1.54, 1.807) is 0 Å². The van der Waals surface area contributed by atoms with Crippen molar-refractivity contribution >= 4 is 11.6 Å². The largest absolute Gasteiger partial charge is 0.440 e. The second-order valence-electron chi connectivity index (χ2n) is 3.47. The van der Waals surface area contributed by atoms with Crippen molar-refractivity contribution in [2.45, 2.75) is 0 Å². The zero-order chi connectivity index (χ0) is 13.3. The maximum Gasteiger partial charge on any atom is 0.440 e. The molecule has 0 atom stereocenters. The number of nitrogens with one attached hydrogen (secondary N) is 2. The highest BCUT2D eigenvalue weighted by atomic mass is 19.2. The summed E-state index contributed by atoms with van der Waals surface area (Å²) < 4.78 is 31.0. The first-order valence-electron chi connectivity index (χ1n) is 4.83. The van der Waals surface area contributed by atoms with Crippen molar-refractivity contribution in [1.29, 1.82) is 0 Å². The Morgan fingerprint density at radius 3 is 2.67 bits per heavy atom. The molecule has 0 saturated heterocycles. The monoisotopic (exact) mass is 256 g/mol. The van der Waals surface area contributed by atoms with Crippen LogP contribution in [0.5, 0.6) is 0 Å². The van der Waals surface area contributed by atoms with Crippen LogP contribution < -0.4 is 15.6 Å². The van der Waals surface area contributed by atoms with E-state index in [1.165, 1.54) is 13.1 Å². The van der Waals surface area contributed by atoms with E-state index in [-0.39, 0.29) is 11.4 Å². The van der Waals surface area contributed by atoms with Gasteiger partial charge in [0.25, 0.3) is 0 Å². The molecule has 1 heterocycles. The molecule has 8 heteroatoms. The molecule has 0 unspecified atom stereocenters. The Labute approximate surface area is 98.8 Å². The summed E-state index contributed by atoms with van der Waals surface area (Å²) in [4.78, 5) is 22.9. The highest BCUT2D eigenvalue weighted by molar-refractivity contribution is 6.01. The van der Waals surface area contributed by atoms with Gasteiger partial charge in [0.1, 0.15) is 0 Å². The summed E-state index contributed by atoms with van der Waals surface area (Å²) >= 11 is 0. The minimum absolute atomic E-state index is 0.0273. The first kappa shape index (κ1) is 12.0. The molecule has 2 aromatic rings. The molecule has 6 nitrogen and oxygen atoms in total. The van der Waals surface area contributed by atoms with Crippen LogP contribution in [0.25, 0.3) is 0 Å². The third-order valence-electron chi connectivity index (χ3n) is 2.20. The van der Waals surface area contributed by atoms with E-state index < -0.39 is 23.2 Å². The number of amides is 1. The van der Waals surface area contributed by atoms with Crippen LogP contribution in [0.1, 0.15) is 10.5 Å². The van der Waals surface area contributed by atoms with Crippen LogP contribution in [0.3, 0.4) is 0 Å². The van der Waals surface area contributed by atoms with Gasteiger partial charge in [-0.25, -0.2) is 13.6 Å². The summed E-state index contributed by atoms with van der Waals surface area (Å²) in [6, 6.07) is 2.84. The second kappa shape index (κ2) is 4.40. The first-order chi connectivity index (χ1) is 8.49. The van der Waals surface area contributed by atoms with E-state index >= 15 is 0 Å². The molecular formula is C10H8F2N3O3+. The minimum Gasteiger partial charge on any atom is -0.316 e. The molecule has 94 valence electrons. The Hall–Kier alpha value is -2.51. The molecule has 2 rings (SSSR count). The summed E-state index contributed by atoms with van der Waals surface area (Å²) in [7, 11) is 1.39. The Balaban J connectivity index is 2.27. The van der Waals surface area contributed by atoms with Crippen LogP contribution in [0.2, 0.25) is 0 Å². The van der Waals surface area contributed by atoms with Gasteiger partial charge in [0.2, 0.25) is 0 Å². The first-order valence-corrected chi connectivity index (χ1v) is 4.83. The van der Waals surface area contributed by atoms with Crippen molar-refractivity contribution < 1.29 is 22.8 Å². The van der Waals surface area contributed by atoms with Gasteiger partial charge in [-0.2, -0.15) is 0 Å². The second-order valence-corrected chi connectivity index (χ2v) is 3.47. The van der Waals surface area contributed by atoms with Gasteiger partial charge in [0.15, 0.2) is 18.7 Å². The summed E-state index contributed by atoms with van der Waals surface area (Å²) in [5.74, 6) is -2.92. The molecular weight excluding hydrogens is 248 g/mol. The quantitative estimate of drug-likeness (QED) is 0.759. The van der Waals surface area contributed by atoms with Crippen LogP contribution in [0, 0.1) is 11.6 Å². The average molecular weight is 256 g/mol. The number of carbonyl (C=O) groups is 1.